The first-order valence-corrected chi connectivity index (χ1v) is 10.1. The van der Waals surface area contributed by atoms with Gasteiger partial charge in [-0.2, -0.15) is 0 Å². The van der Waals surface area contributed by atoms with Crippen LogP contribution in [0.1, 0.15) is 16.7 Å². The Morgan fingerprint density at radius 1 is 1.00 bits per heavy atom. The second-order valence-corrected chi connectivity index (χ2v) is 8.20. The van der Waals surface area contributed by atoms with Crippen molar-refractivity contribution >= 4 is 48.7 Å². The van der Waals surface area contributed by atoms with E-state index in [0.717, 1.165) is 37.7 Å². The maximum Gasteiger partial charge on any atom is 0.138 e. The van der Waals surface area contributed by atoms with E-state index in [9.17, 15) is 0 Å². The van der Waals surface area contributed by atoms with Gasteiger partial charge in [-0.05, 0) is 40.1 Å². The third kappa shape index (κ3) is 2.55. The predicted octanol–water partition coefficient (Wildman–Crippen LogP) is 6.29. The Morgan fingerprint density at radius 3 is 2.58 bits per heavy atom. The molecule has 0 N–H and O–H groups in total. The Morgan fingerprint density at radius 2 is 1.81 bits per heavy atom. The summed E-state index contributed by atoms with van der Waals surface area (Å²) in [6.45, 7) is 0. The highest BCUT2D eigenvalue weighted by Crippen LogP contribution is 2.50. The van der Waals surface area contributed by atoms with Crippen molar-refractivity contribution in [3.05, 3.63) is 81.8 Å². The molecule has 0 bridgehead atoms. The van der Waals surface area contributed by atoms with Crippen LogP contribution in [0, 0.1) is 0 Å². The molecule has 0 aliphatic heterocycles. The summed E-state index contributed by atoms with van der Waals surface area (Å²) in [6.07, 6.45) is 4.28. The van der Waals surface area contributed by atoms with Crippen molar-refractivity contribution in [2.24, 2.45) is 0 Å². The number of halogens is 2. The number of alkyl halides is 1. The van der Waals surface area contributed by atoms with E-state index in [4.69, 9.17) is 9.47 Å². The number of ether oxygens (including phenoxy) is 2. The number of hydrogen-bond acceptors (Lipinski definition) is 2. The normalized spacial score (nSPS) is 21.6. The molecule has 0 amide bonds. The number of benzene rings is 3. The molecule has 2 atom stereocenters. The van der Waals surface area contributed by atoms with E-state index in [-0.39, 0.29) is 4.83 Å². The van der Waals surface area contributed by atoms with Gasteiger partial charge in [0.05, 0.1) is 11.9 Å². The summed E-state index contributed by atoms with van der Waals surface area (Å²) in [4.78, 5) is -0.0296. The molecule has 0 saturated heterocycles. The first-order valence-electron chi connectivity index (χ1n) is 8.35. The van der Waals surface area contributed by atoms with Crippen molar-refractivity contribution in [2.75, 3.05) is 14.2 Å². The van der Waals surface area contributed by atoms with Crippen LogP contribution in [0.25, 0.3) is 16.8 Å². The zero-order chi connectivity index (χ0) is 18.3. The van der Waals surface area contributed by atoms with Gasteiger partial charge in [0.2, 0.25) is 0 Å². The average Bonchev–Trinajstić information content (AvgIpc) is 2.67. The second kappa shape index (κ2) is 6.84. The van der Waals surface area contributed by atoms with Gasteiger partial charge in [-0.1, -0.05) is 80.4 Å². The van der Waals surface area contributed by atoms with Crippen LogP contribution in [0.3, 0.4) is 0 Å². The monoisotopic (exact) mass is 472 g/mol. The molecular weight excluding hydrogens is 456 g/mol. The fourth-order valence-electron chi connectivity index (χ4n) is 3.88. The minimum Gasteiger partial charge on any atom is -0.496 e. The molecule has 0 aromatic heterocycles. The fourth-order valence-corrected chi connectivity index (χ4v) is 5.08. The molecule has 4 heteroatoms. The Bertz CT molecular complexity index is 1010. The Hall–Kier alpha value is -1.62. The third-order valence-corrected chi connectivity index (χ3v) is 6.49. The quantitative estimate of drug-likeness (QED) is 0.416. The van der Waals surface area contributed by atoms with Crippen LogP contribution < -0.4 is 4.74 Å². The van der Waals surface area contributed by atoms with E-state index in [1.54, 1.807) is 14.2 Å². The summed E-state index contributed by atoms with van der Waals surface area (Å²) < 4.78 is 13.1. The molecule has 1 aliphatic rings. The molecule has 0 radical (unpaired) electrons. The Balaban J connectivity index is 2.14. The molecule has 132 valence electrons. The van der Waals surface area contributed by atoms with Crippen LogP contribution in [0.15, 0.2) is 65.1 Å². The highest BCUT2D eigenvalue weighted by atomic mass is 79.9. The first-order chi connectivity index (χ1) is 12.6. The largest absolute Gasteiger partial charge is 0.496 e. The van der Waals surface area contributed by atoms with Crippen LogP contribution in [0.5, 0.6) is 5.75 Å². The SMILES string of the molecule is COc1ccc2cc(Br)ccc2c1C1(OC)c2ccccc2C=CC1Br. The molecule has 4 rings (SSSR count). The molecular formula is C22H18Br2O2. The molecule has 2 nitrogen and oxygen atoms in total. The number of fused-ring (bicyclic) bond motifs is 2. The number of rotatable bonds is 3. The molecule has 26 heavy (non-hydrogen) atoms. The van der Waals surface area contributed by atoms with E-state index in [0.29, 0.717) is 0 Å². The average molecular weight is 474 g/mol. The maximum absolute atomic E-state index is 6.29. The van der Waals surface area contributed by atoms with Gasteiger partial charge in [-0.15, -0.1) is 0 Å². The summed E-state index contributed by atoms with van der Waals surface area (Å²) >= 11 is 7.44. The standard InChI is InChI=1S/C22H18Br2O2/c1-25-19-11-7-15-13-16(23)9-10-17(15)21(19)22(26-2)18-6-4-3-5-14(18)8-12-20(22)24/h3-13,20H,1-2H3. The van der Waals surface area contributed by atoms with Crippen molar-refractivity contribution < 1.29 is 9.47 Å². The van der Waals surface area contributed by atoms with E-state index in [2.05, 4.69) is 92.5 Å². The van der Waals surface area contributed by atoms with Crippen molar-refractivity contribution in [1.82, 2.24) is 0 Å². The highest BCUT2D eigenvalue weighted by molar-refractivity contribution is 9.10. The maximum atomic E-state index is 6.29. The van der Waals surface area contributed by atoms with Crippen LogP contribution in [0.2, 0.25) is 0 Å². The molecule has 0 saturated carbocycles. The number of hydrogen-bond donors (Lipinski definition) is 0. The van der Waals surface area contributed by atoms with Gasteiger partial charge >= 0.3 is 0 Å². The minimum absolute atomic E-state index is 0.0296. The minimum atomic E-state index is -0.690. The summed E-state index contributed by atoms with van der Waals surface area (Å²) in [6, 6.07) is 18.8. The molecule has 0 heterocycles. The van der Waals surface area contributed by atoms with Crippen LogP contribution in [-0.2, 0) is 10.3 Å². The molecule has 1 aliphatic carbocycles. The van der Waals surface area contributed by atoms with Crippen molar-refractivity contribution in [1.29, 1.82) is 0 Å². The second-order valence-electron chi connectivity index (χ2n) is 6.30. The van der Waals surface area contributed by atoms with E-state index in [1.165, 1.54) is 0 Å². The van der Waals surface area contributed by atoms with E-state index >= 15 is 0 Å². The predicted molar refractivity (Wildman–Crippen MR) is 114 cm³/mol. The van der Waals surface area contributed by atoms with Crippen molar-refractivity contribution in [3.8, 4) is 5.75 Å². The molecule has 2 unspecified atom stereocenters. The number of methoxy groups -OCH3 is 2. The molecule has 3 aromatic rings. The highest BCUT2D eigenvalue weighted by Gasteiger charge is 2.46. The van der Waals surface area contributed by atoms with Gasteiger partial charge in [0.15, 0.2) is 0 Å². The Kier molecular flexibility index (Phi) is 4.68. The summed E-state index contributed by atoms with van der Waals surface area (Å²) in [5, 5.41) is 2.25. The van der Waals surface area contributed by atoms with Crippen molar-refractivity contribution in [3.63, 3.8) is 0 Å². The van der Waals surface area contributed by atoms with Gasteiger partial charge in [-0.25, -0.2) is 0 Å². The Labute approximate surface area is 170 Å². The van der Waals surface area contributed by atoms with Crippen LogP contribution >= 0.6 is 31.9 Å². The summed E-state index contributed by atoms with van der Waals surface area (Å²) in [7, 11) is 3.47. The van der Waals surface area contributed by atoms with Gasteiger partial charge < -0.3 is 9.47 Å². The van der Waals surface area contributed by atoms with E-state index in [1.807, 2.05) is 6.07 Å². The summed E-state index contributed by atoms with van der Waals surface area (Å²) in [5.74, 6) is 0.816. The smallest absolute Gasteiger partial charge is 0.138 e. The lowest BCUT2D eigenvalue weighted by molar-refractivity contribution is 0.0289. The van der Waals surface area contributed by atoms with Crippen LogP contribution in [0.4, 0.5) is 0 Å². The third-order valence-electron chi connectivity index (χ3n) is 5.05. The molecule has 3 aromatic carbocycles. The zero-order valence-corrected chi connectivity index (χ0v) is 17.7. The fraction of sp³-hybridized carbons (Fsp3) is 0.182. The first kappa shape index (κ1) is 17.8. The molecule has 0 fully saturated rings. The summed E-state index contributed by atoms with van der Waals surface area (Å²) in [5.41, 5.74) is 2.62. The lowest BCUT2D eigenvalue weighted by Crippen LogP contribution is -2.41. The van der Waals surface area contributed by atoms with Gasteiger partial charge in [-0.3, -0.25) is 0 Å². The molecule has 0 spiro atoms. The lowest BCUT2D eigenvalue weighted by atomic mass is 9.75. The van der Waals surface area contributed by atoms with Gasteiger partial charge in [0.25, 0.3) is 0 Å². The topological polar surface area (TPSA) is 18.5 Å². The lowest BCUT2D eigenvalue weighted by Gasteiger charge is -2.41. The zero-order valence-electron chi connectivity index (χ0n) is 14.5. The van der Waals surface area contributed by atoms with Crippen molar-refractivity contribution in [2.45, 2.75) is 10.4 Å². The van der Waals surface area contributed by atoms with Crippen LogP contribution in [-0.4, -0.2) is 19.0 Å². The van der Waals surface area contributed by atoms with Gasteiger partial charge in [0, 0.05) is 17.1 Å². The van der Waals surface area contributed by atoms with Gasteiger partial charge in [0.1, 0.15) is 11.4 Å². The van der Waals surface area contributed by atoms with E-state index < -0.39 is 5.60 Å².